The molecule has 0 atom stereocenters. The lowest BCUT2D eigenvalue weighted by atomic mass is 10.3. The molecule has 2 rings (SSSR count). The van der Waals surface area contributed by atoms with Crippen LogP contribution in [0.25, 0.3) is 5.69 Å². The van der Waals surface area contributed by atoms with Gasteiger partial charge in [-0.25, -0.2) is 14.9 Å². The monoisotopic (exact) mass is 306 g/mol. The van der Waals surface area contributed by atoms with E-state index in [0.717, 1.165) is 5.69 Å². The Kier molecular flexibility index (Phi) is 4.94. The largest absolute Gasteiger partial charge is 0.449 e. The average molecular weight is 307 g/mol. The summed E-state index contributed by atoms with van der Waals surface area (Å²) in [6, 6.07) is 9.52. The summed E-state index contributed by atoms with van der Waals surface area (Å²) >= 11 is 6.31. The molecule has 1 heterocycles. The van der Waals surface area contributed by atoms with Crippen LogP contribution in [0.15, 0.2) is 35.4 Å². The summed E-state index contributed by atoms with van der Waals surface area (Å²) in [4.78, 5) is 11.1. The second-order valence-corrected chi connectivity index (χ2v) is 4.49. The zero-order valence-electron chi connectivity index (χ0n) is 11.7. The van der Waals surface area contributed by atoms with Crippen molar-refractivity contribution in [1.29, 1.82) is 0 Å². The SMILES string of the molecule is CCOC(=O)N/N=C/c1c(C)nn(-c2ccccc2)c1Cl. The van der Waals surface area contributed by atoms with Gasteiger partial charge in [0.05, 0.1) is 29.8 Å². The summed E-state index contributed by atoms with van der Waals surface area (Å²) in [5, 5.41) is 8.59. The number of nitrogens with zero attached hydrogens (tertiary/aromatic N) is 3. The number of amides is 1. The van der Waals surface area contributed by atoms with Gasteiger partial charge in [-0.2, -0.15) is 10.2 Å². The molecule has 1 aromatic heterocycles. The van der Waals surface area contributed by atoms with Gasteiger partial charge >= 0.3 is 6.09 Å². The summed E-state index contributed by atoms with van der Waals surface area (Å²) in [5.41, 5.74) is 4.44. The lowest BCUT2D eigenvalue weighted by Crippen LogP contribution is -2.18. The van der Waals surface area contributed by atoms with Gasteiger partial charge in [0, 0.05) is 0 Å². The molecule has 7 heteroatoms. The predicted octanol–water partition coefficient (Wildman–Crippen LogP) is 2.91. The second kappa shape index (κ2) is 6.90. The molecule has 0 saturated heterocycles. The lowest BCUT2D eigenvalue weighted by molar-refractivity contribution is 0.152. The third kappa shape index (κ3) is 3.61. The molecule has 1 amide bonds. The fourth-order valence-electron chi connectivity index (χ4n) is 1.71. The maximum Gasteiger partial charge on any atom is 0.427 e. The maximum absolute atomic E-state index is 11.1. The third-order valence-corrected chi connectivity index (χ3v) is 3.04. The zero-order chi connectivity index (χ0) is 15.2. The number of hydrogen-bond donors (Lipinski definition) is 1. The molecule has 1 N–H and O–H groups in total. The number of carbonyl (C=O) groups excluding carboxylic acids is 1. The first-order chi connectivity index (χ1) is 10.1. The Labute approximate surface area is 127 Å². The summed E-state index contributed by atoms with van der Waals surface area (Å²) in [7, 11) is 0. The molecule has 0 saturated carbocycles. The fourth-order valence-corrected chi connectivity index (χ4v) is 2.03. The quantitative estimate of drug-likeness (QED) is 0.697. The molecule has 0 aliphatic heterocycles. The number of hydrazone groups is 1. The standard InChI is InChI=1S/C14H15ClN4O2/c1-3-21-14(20)17-16-9-12-10(2)18-19(13(12)15)11-7-5-4-6-8-11/h4-9H,3H2,1-2H3,(H,17,20)/b16-9+. The van der Waals surface area contributed by atoms with Gasteiger partial charge in [-0.3, -0.25) is 0 Å². The van der Waals surface area contributed by atoms with Gasteiger partial charge in [0.1, 0.15) is 5.15 Å². The Balaban J connectivity index is 2.20. The van der Waals surface area contributed by atoms with Crippen LogP contribution in [0.3, 0.4) is 0 Å². The van der Waals surface area contributed by atoms with Crippen LogP contribution in [0.5, 0.6) is 0 Å². The van der Waals surface area contributed by atoms with E-state index in [1.807, 2.05) is 37.3 Å². The van der Waals surface area contributed by atoms with Crippen molar-refractivity contribution in [3.8, 4) is 5.69 Å². The number of halogens is 1. The number of ether oxygens (including phenoxy) is 1. The zero-order valence-corrected chi connectivity index (χ0v) is 12.5. The Hall–Kier alpha value is -2.34. The van der Waals surface area contributed by atoms with E-state index in [0.29, 0.717) is 16.4 Å². The van der Waals surface area contributed by atoms with Crippen molar-refractivity contribution in [3.63, 3.8) is 0 Å². The topological polar surface area (TPSA) is 68.5 Å². The van der Waals surface area contributed by atoms with E-state index < -0.39 is 6.09 Å². The van der Waals surface area contributed by atoms with E-state index in [1.54, 1.807) is 11.6 Å². The Morgan fingerprint density at radius 2 is 2.19 bits per heavy atom. The molecule has 0 spiro atoms. The highest BCUT2D eigenvalue weighted by Crippen LogP contribution is 2.21. The first kappa shape index (κ1) is 15.1. The van der Waals surface area contributed by atoms with Crippen molar-refractivity contribution in [3.05, 3.63) is 46.7 Å². The Morgan fingerprint density at radius 3 is 2.86 bits per heavy atom. The molecule has 0 unspecified atom stereocenters. The van der Waals surface area contributed by atoms with Crippen LogP contribution in [0.4, 0.5) is 4.79 Å². The highest BCUT2D eigenvalue weighted by molar-refractivity contribution is 6.32. The summed E-state index contributed by atoms with van der Waals surface area (Å²) < 4.78 is 6.31. The van der Waals surface area contributed by atoms with Gasteiger partial charge in [0.2, 0.25) is 0 Å². The van der Waals surface area contributed by atoms with Crippen LogP contribution in [0.1, 0.15) is 18.2 Å². The molecule has 110 valence electrons. The summed E-state index contributed by atoms with van der Waals surface area (Å²) in [5.74, 6) is 0. The number of nitrogens with one attached hydrogen (secondary N) is 1. The highest BCUT2D eigenvalue weighted by Gasteiger charge is 2.12. The normalized spacial score (nSPS) is 10.8. The molecular formula is C14H15ClN4O2. The van der Waals surface area contributed by atoms with Gasteiger partial charge < -0.3 is 4.74 Å². The maximum atomic E-state index is 11.1. The number of aromatic nitrogens is 2. The third-order valence-electron chi connectivity index (χ3n) is 2.67. The molecule has 21 heavy (non-hydrogen) atoms. The van der Waals surface area contributed by atoms with Crippen LogP contribution in [0, 0.1) is 6.92 Å². The molecule has 2 aromatic rings. The van der Waals surface area contributed by atoms with Crippen molar-refractivity contribution in [2.45, 2.75) is 13.8 Å². The van der Waals surface area contributed by atoms with Crippen LogP contribution in [-0.2, 0) is 4.74 Å². The van der Waals surface area contributed by atoms with E-state index in [9.17, 15) is 4.79 Å². The molecule has 1 aromatic carbocycles. The number of hydrogen-bond acceptors (Lipinski definition) is 4. The summed E-state index contributed by atoms with van der Waals surface area (Å²) in [6.07, 6.45) is 0.832. The minimum absolute atomic E-state index is 0.285. The van der Waals surface area contributed by atoms with E-state index in [1.165, 1.54) is 6.21 Å². The number of aryl methyl sites for hydroxylation is 1. The molecule has 0 aliphatic rings. The summed E-state index contributed by atoms with van der Waals surface area (Å²) in [6.45, 7) is 3.82. The minimum Gasteiger partial charge on any atom is -0.449 e. The van der Waals surface area contributed by atoms with Gasteiger partial charge in [-0.15, -0.1) is 0 Å². The smallest absolute Gasteiger partial charge is 0.427 e. The van der Waals surface area contributed by atoms with Crippen molar-refractivity contribution in [2.75, 3.05) is 6.61 Å². The number of benzene rings is 1. The highest BCUT2D eigenvalue weighted by atomic mass is 35.5. The van der Waals surface area contributed by atoms with Crippen LogP contribution in [-0.4, -0.2) is 28.7 Å². The van der Waals surface area contributed by atoms with Gasteiger partial charge in [0.25, 0.3) is 0 Å². The van der Waals surface area contributed by atoms with Crippen molar-refractivity contribution < 1.29 is 9.53 Å². The van der Waals surface area contributed by atoms with Gasteiger partial charge in [0.15, 0.2) is 0 Å². The molecule has 6 nitrogen and oxygen atoms in total. The average Bonchev–Trinajstić information content (AvgIpc) is 2.76. The van der Waals surface area contributed by atoms with Crippen LogP contribution < -0.4 is 5.43 Å². The molecule has 0 aliphatic carbocycles. The molecule has 0 fully saturated rings. The van der Waals surface area contributed by atoms with Crippen molar-refractivity contribution in [1.82, 2.24) is 15.2 Å². The van der Waals surface area contributed by atoms with Crippen LogP contribution >= 0.6 is 11.6 Å². The van der Waals surface area contributed by atoms with Crippen molar-refractivity contribution >= 4 is 23.9 Å². The minimum atomic E-state index is -0.613. The van der Waals surface area contributed by atoms with E-state index in [2.05, 4.69) is 15.6 Å². The van der Waals surface area contributed by atoms with E-state index in [-0.39, 0.29) is 6.61 Å². The van der Waals surface area contributed by atoms with E-state index in [4.69, 9.17) is 16.3 Å². The molecular weight excluding hydrogens is 292 g/mol. The molecule has 0 radical (unpaired) electrons. The van der Waals surface area contributed by atoms with Gasteiger partial charge in [-0.1, -0.05) is 29.8 Å². The molecule has 0 bridgehead atoms. The predicted molar refractivity (Wildman–Crippen MR) is 81.1 cm³/mol. The number of carbonyl (C=O) groups is 1. The first-order valence-corrected chi connectivity index (χ1v) is 6.77. The Bertz CT molecular complexity index is 652. The van der Waals surface area contributed by atoms with Gasteiger partial charge in [-0.05, 0) is 26.0 Å². The first-order valence-electron chi connectivity index (χ1n) is 6.39. The second-order valence-electron chi connectivity index (χ2n) is 4.13. The fraction of sp³-hybridized carbons (Fsp3) is 0.214. The Morgan fingerprint density at radius 1 is 1.48 bits per heavy atom. The number of para-hydroxylation sites is 1. The lowest BCUT2D eigenvalue weighted by Gasteiger charge is -2.02. The van der Waals surface area contributed by atoms with Crippen molar-refractivity contribution in [2.24, 2.45) is 5.10 Å². The van der Waals surface area contributed by atoms with Crippen LogP contribution in [0.2, 0.25) is 5.15 Å². The number of rotatable bonds is 4. The van der Waals surface area contributed by atoms with E-state index >= 15 is 0 Å².